The van der Waals surface area contributed by atoms with Gasteiger partial charge in [0.1, 0.15) is 0 Å². The van der Waals surface area contributed by atoms with Crippen molar-refractivity contribution < 1.29 is 4.79 Å². The van der Waals surface area contributed by atoms with Crippen LogP contribution in [-0.2, 0) is 17.6 Å². The molecule has 1 aliphatic carbocycles. The summed E-state index contributed by atoms with van der Waals surface area (Å²) in [5.74, 6) is 1.24. The molecule has 0 aromatic carbocycles. The number of aromatic nitrogens is 2. The lowest BCUT2D eigenvalue weighted by Crippen LogP contribution is -2.61. The first-order valence-corrected chi connectivity index (χ1v) is 8.79. The number of rotatable bonds is 4. The van der Waals surface area contributed by atoms with Crippen molar-refractivity contribution in [2.24, 2.45) is 0 Å². The van der Waals surface area contributed by atoms with Crippen molar-refractivity contribution in [2.45, 2.75) is 50.6 Å². The molecule has 1 amide bonds. The minimum absolute atomic E-state index is 0.207. The van der Waals surface area contributed by atoms with Crippen LogP contribution in [0, 0.1) is 0 Å². The number of hydrogen-bond acceptors (Lipinski definition) is 5. The summed E-state index contributed by atoms with van der Waals surface area (Å²) in [6, 6.07) is 3.09. The minimum Gasteiger partial charge on any atom is -0.352 e. The van der Waals surface area contributed by atoms with E-state index in [1.807, 2.05) is 0 Å². The van der Waals surface area contributed by atoms with Crippen LogP contribution in [0.25, 0.3) is 0 Å². The highest BCUT2D eigenvalue weighted by Crippen LogP contribution is 2.26. The van der Waals surface area contributed by atoms with Crippen LogP contribution in [0.3, 0.4) is 0 Å². The third-order valence-corrected chi connectivity index (χ3v) is 5.45. The number of nitrogens with one attached hydrogen (secondary N) is 1. The van der Waals surface area contributed by atoms with Gasteiger partial charge >= 0.3 is 0 Å². The number of carbonyl (C=O) groups is 1. The largest absolute Gasteiger partial charge is 0.352 e. The Hall–Kier alpha value is -1.69. The summed E-state index contributed by atoms with van der Waals surface area (Å²) in [4.78, 5) is 16.2. The topological polar surface area (TPSA) is 61.4 Å². The summed E-state index contributed by atoms with van der Waals surface area (Å²) in [7, 11) is 2.16. The molecule has 1 N–H and O–H groups in total. The molecular formula is C17H25N5O. The quantitative estimate of drug-likeness (QED) is 0.889. The van der Waals surface area contributed by atoms with Crippen LogP contribution in [0.1, 0.15) is 36.9 Å². The maximum absolute atomic E-state index is 11.5. The van der Waals surface area contributed by atoms with Gasteiger partial charge in [0, 0.05) is 38.1 Å². The number of piperidine rings is 1. The molecule has 0 radical (unpaired) electrons. The van der Waals surface area contributed by atoms with Gasteiger partial charge in [-0.2, -0.15) is 5.10 Å². The fourth-order valence-corrected chi connectivity index (χ4v) is 3.91. The molecule has 2 aliphatic heterocycles. The molecule has 0 spiro atoms. The van der Waals surface area contributed by atoms with Gasteiger partial charge in [-0.05, 0) is 50.8 Å². The van der Waals surface area contributed by atoms with Crippen LogP contribution in [0.5, 0.6) is 0 Å². The Morgan fingerprint density at radius 1 is 1.26 bits per heavy atom. The maximum Gasteiger partial charge on any atom is 0.220 e. The van der Waals surface area contributed by atoms with Crippen molar-refractivity contribution in [3.05, 3.63) is 17.3 Å². The second-order valence-electron chi connectivity index (χ2n) is 7.18. The first-order valence-electron chi connectivity index (χ1n) is 8.79. The Morgan fingerprint density at radius 2 is 2.13 bits per heavy atom. The van der Waals surface area contributed by atoms with Crippen molar-refractivity contribution in [1.82, 2.24) is 20.4 Å². The van der Waals surface area contributed by atoms with Crippen LogP contribution < -0.4 is 10.2 Å². The van der Waals surface area contributed by atoms with Gasteiger partial charge in [0.25, 0.3) is 0 Å². The smallest absolute Gasteiger partial charge is 0.220 e. The molecule has 2 fully saturated rings. The molecule has 1 atom stereocenters. The van der Waals surface area contributed by atoms with Crippen molar-refractivity contribution in [2.75, 3.05) is 31.6 Å². The van der Waals surface area contributed by atoms with Gasteiger partial charge < -0.3 is 10.2 Å². The Morgan fingerprint density at radius 3 is 2.96 bits per heavy atom. The molecular weight excluding hydrogens is 290 g/mol. The van der Waals surface area contributed by atoms with E-state index in [9.17, 15) is 4.79 Å². The summed E-state index contributed by atoms with van der Waals surface area (Å²) >= 11 is 0. The maximum atomic E-state index is 11.5. The van der Waals surface area contributed by atoms with Crippen molar-refractivity contribution in [3.8, 4) is 0 Å². The van der Waals surface area contributed by atoms with E-state index < -0.39 is 0 Å². The van der Waals surface area contributed by atoms with Gasteiger partial charge in [-0.15, -0.1) is 5.10 Å². The van der Waals surface area contributed by atoms with Gasteiger partial charge in [-0.1, -0.05) is 0 Å². The predicted octanol–water partition coefficient (Wildman–Crippen LogP) is 0.754. The molecule has 1 unspecified atom stereocenters. The normalized spacial score (nSPS) is 24.5. The molecule has 3 aliphatic rings. The third-order valence-electron chi connectivity index (χ3n) is 5.45. The minimum atomic E-state index is 0.207. The molecule has 1 aromatic rings. The number of aryl methyl sites for hydroxylation is 2. The third kappa shape index (κ3) is 3.04. The van der Waals surface area contributed by atoms with Gasteiger partial charge in [-0.25, -0.2) is 0 Å². The van der Waals surface area contributed by atoms with E-state index in [4.69, 9.17) is 0 Å². The van der Waals surface area contributed by atoms with Gasteiger partial charge in [-0.3, -0.25) is 9.69 Å². The average molecular weight is 315 g/mol. The summed E-state index contributed by atoms with van der Waals surface area (Å²) < 4.78 is 0. The van der Waals surface area contributed by atoms with Crippen molar-refractivity contribution in [3.63, 3.8) is 0 Å². The molecule has 3 heterocycles. The van der Waals surface area contributed by atoms with Crippen LogP contribution in [-0.4, -0.2) is 59.8 Å². The fraction of sp³-hybridized carbons (Fsp3) is 0.706. The Labute approximate surface area is 137 Å². The first kappa shape index (κ1) is 14.9. The number of anilines is 1. The lowest BCUT2D eigenvalue weighted by atomic mass is 10.0. The van der Waals surface area contributed by atoms with Crippen molar-refractivity contribution in [1.29, 1.82) is 0 Å². The van der Waals surface area contributed by atoms with E-state index >= 15 is 0 Å². The van der Waals surface area contributed by atoms with E-state index in [2.05, 4.69) is 38.4 Å². The first-order chi connectivity index (χ1) is 11.2. The standard InChI is InChI=1S/C17H25N5O/c1-21(9-13-5-3-7-17(23)18-13)14-10-22(11-14)16-8-12-4-2-6-15(12)19-20-16/h8,13-14H,2-7,9-11H2,1H3,(H,18,23). The predicted molar refractivity (Wildman–Crippen MR) is 88.5 cm³/mol. The molecule has 1 aromatic heterocycles. The summed E-state index contributed by atoms with van der Waals surface area (Å²) in [6.07, 6.45) is 6.26. The van der Waals surface area contributed by atoms with Crippen LogP contribution >= 0.6 is 0 Å². The Balaban J connectivity index is 1.30. The van der Waals surface area contributed by atoms with Crippen LogP contribution in [0.2, 0.25) is 0 Å². The van der Waals surface area contributed by atoms with Gasteiger partial charge in [0.05, 0.1) is 5.69 Å². The number of likely N-dealkylation sites (N-methyl/N-ethyl adjacent to an activating group) is 1. The monoisotopic (exact) mass is 315 g/mol. The van der Waals surface area contributed by atoms with Gasteiger partial charge in [0.2, 0.25) is 5.91 Å². The molecule has 23 heavy (non-hydrogen) atoms. The molecule has 124 valence electrons. The van der Waals surface area contributed by atoms with Crippen LogP contribution in [0.15, 0.2) is 6.07 Å². The van der Waals surface area contributed by atoms with E-state index in [1.165, 1.54) is 17.7 Å². The SMILES string of the molecule is CN(CC1CCCC(=O)N1)C1CN(c2cc3c(nn2)CCC3)C1. The molecule has 6 nitrogen and oxygen atoms in total. The highest BCUT2D eigenvalue weighted by atomic mass is 16.1. The number of nitrogens with zero attached hydrogens (tertiary/aromatic N) is 4. The van der Waals surface area contributed by atoms with E-state index in [0.29, 0.717) is 18.5 Å². The summed E-state index contributed by atoms with van der Waals surface area (Å²) in [6.45, 7) is 2.95. The Kier molecular flexibility index (Phi) is 3.93. The van der Waals surface area contributed by atoms with E-state index in [-0.39, 0.29) is 5.91 Å². The summed E-state index contributed by atoms with van der Waals surface area (Å²) in [5.41, 5.74) is 2.58. The molecule has 0 saturated carbocycles. The second kappa shape index (κ2) is 6.07. The van der Waals surface area contributed by atoms with Crippen LogP contribution in [0.4, 0.5) is 5.82 Å². The molecule has 4 rings (SSSR count). The zero-order valence-corrected chi connectivity index (χ0v) is 13.8. The zero-order chi connectivity index (χ0) is 15.8. The number of fused-ring (bicyclic) bond motifs is 1. The molecule has 0 bridgehead atoms. The zero-order valence-electron chi connectivity index (χ0n) is 13.8. The molecule has 6 heteroatoms. The second-order valence-corrected chi connectivity index (χ2v) is 7.18. The lowest BCUT2D eigenvalue weighted by Gasteiger charge is -2.45. The van der Waals surface area contributed by atoms with Crippen molar-refractivity contribution >= 4 is 11.7 Å². The Bertz CT molecular complexity index is 599. The lowest BCUT2D eigenvalue weighted by molar-refractivity contribution is -0.123. The van der Waals surface area contributed by atoms with Gasteiger partial charge in [0.15, 0.2) is 5.82 Å². The number of hydrogen-bond donors (Lipinski definition) is 1. The number of carbonyl (C=O) groups excluding carboxylic acids is 1. The highest BCUT2D eigenvalue weighted by molar-refractivity contribution is 5.76. The van der Waals surface area contributed by atoms with E-state index in [0.717, 1.165) is 51.1 Å². The summed E-state index contributed by atoms with van der Waals surface area (Å²) in [5, 5.41) is 11.9. The average Bonchev–Trinajstić information content (AvgIpc) is 2.93. The van der Waals surface area contributed by atoms with E-state index in [1.54, 1.807) is 0 Å². The highest BCUT2D eigenvalue weighted by Gasteiger charge is 2.33. The fourth-order valence-electron chi connectivity index (χ4n) is 3.91. The number of amides is 1. The molecule has 2 saturated heterocycles.